The van der Waals surface area contributed by atoms with E-state index in [1.165, 1.54) is 11.3 Å². The van der Waals surface area contributed by atoms with E-state index in [1.54, 1.807) is 4.90 Å². The molecule has 2 heterocycles. The molecule has 1 aromatic rings. The molecule has 7 nitrogen and oxygen atoms in total. The second-order valence-electron chi connectivity index (χ2n) is 7.17. The van der Waals surface area contributed by atoms with Gasteiger partial charge in [-0.2, -0.15) is 0 Å². The largest absolute Gasteiger partial charge is 0.450 e. The van der Waals surface area contributed by atoms with Crippen LogP contribution in [0.25, 0.3) is 0 Å². The Morgan fingerprint density at radius 3 is 2.26 bits per heavy atom. The lowest BCUT2D eigenvalue weighted by Gasteiger charge is -2.38. The number of ether oxygens (including phenoxy) is 1. The highest BCUT2D eigenvalue weighted by Crippen LogP contribution is 2.18. The van der Waals surface area contributed by atoms with Gasteiger partial charge in [-0.1, -0.05) is 12.1 Å². The minimum atomic E-state index is -0.254. The van der Waals surface area contributed by atoms with Crippen LogP contribution in [0.4, 0.5) is 10.5 Å². The summed E-state index contributed by atoms with van der Waals surface area (Å²) in [6.07, 6.45) is -0.254. The quantitative estimate of drug-likeness (QED) is 0.798. The van der Waals surface area contributed by atoms with Crippen molar-refractivity contribution in [2.75, 3.05) is 70.4 Å². The van der Waals surface area contributed by atoms with Gasteiger partial charge >= 0.3 is 6.09 Å². The Balaban J connectivity index is 1.42. The number of carbonyl (C=O) groups excluding carboxylic acids is 2. The predicted molar refractivity (Wildman–Crippen MR) is 105 cm³/mol. The van der Waals surface area contributed by atoms with Crippen molar-refractivity contribution >= 4 is 17.7 Å². The van der Waals surface area contributed by atoms with Gasteiger partial charge in [0, 0.05) is 58.0 Å². The summed E-state index contributed by atoms with van der Waals surface area (Å²) in [6.45, 7) is 10.7. The van der Waals surface area contributed by atoms with Crippen molar-refractivity contribution < 1.29 is 14.3 Å². The molecule has 148 valence electrons. The van der Waals surface area contributed by atoms with Crippen molar-refractivity contribution in [3.63, 3.8) is 0 Å². The van der Waals surface area contributed by atoms with Crippen LogP contribution in [0.3, 0.4) is 0 Å². The summed E-state index contributed by atoms with van der Waals surface area (Å²) in [7, 11) is 0. The van der Waals surface area contributed by atoms with Crippen LogP contribution in [-0.4, -0.2) is 92.2 Å². The van der Waals surface area contributed by atoms with Crippen LogP contribution in [0.1, 0.15) is 12.5 Å². The van der Waals surface area contributed by atoms with Crippen LogP contribution >= 0.6 is 0 Å². The SMILES string of the molecule is CCOC(=O)N1CCN(CC(=O)N2CCN(c3cccc(C)c3)CC2)CC1. The van der Waals surface area contributed by atoms with Gasteiger partial charge < -0.3 is 19.4 Å². The molecule has 0 saturated carbocycles. The van der Waals surface area contributed by atoms with Gasteiger partial charge in [-0.15, -0.1) is 0 Å². The van der Waals surface area contributed by atoms with Crippen molar-refractivity contribution in [3.8, 4) is 0 Å². The number of benzene rings is 1. The molecular weight excluding hydrogens is 344 g/mol. The zero-order valence-corrected chi connectivity index (χ0v) is 16.4. The number of amides is 2. The molecule has 2 amide bonds. The molecule has 27 heavy (non-hydrogen) atoms. The van der Waals surface area contributed by atoms with Crippen molar-refractivity contribution in [2.24, 2.45) is 0 Å². The summed E-state index contributed by atoms with van der Waals surface area (Å²) >= 11 is 0. The van der Waals surface area contributed by atoms with Gasteiger partial charge in [-0.05, 0) is 31.5 Å². The number of aryl methyl sites for hydroxylation is 1. The first kappa shape index (κ1) is 19.5. The van der Waals surface area contributed by atoms with E-state index < -0.39 is 0 Å². The fourth-order valence-corrected chi connectivity index (χ4v) is 3.63. The summed E-state index contributed by atoms with van der Waals surface area (Å²) in [4.78, 5) is 32.5. The van der Waals surface area contributed by atoms with Gasteiger partial charge in [0.1, 0.15) is 0 Å². The summed E-state index contributed by atoms with van der Waals surface area (Å²) < 4.78 is 5.04. The molecule has 2 aliphatic heterocycles. The summed E-state index contributed by atoms with van der Waals surface area (Å²) in [6, 6.07) is 8.51. The second kappa shape index (κ2) is 9.08. The standard InChI is InChI=1S/C20H30N4O3/c1-3-27-20(26)24-9-7-21(8-10-24)16-19(25)23-13-11-22(12-14-23)18-6-4-5-17(2)15-18/h4-6,15H,3,7-14,16H2,1-2H3. The van der Waals surface area contributed by atoms with E-state index in [0.717, 1.165) is 26.2 Å². The fourth-order valence-electron chi connectivity index (χ4n) is 3.63. The number of anilines is 1. The van der Waals surface area contributed by atoms with E-state index in [1.807, 2.05) is 11.8 Å². The molecule has 0 radical (unpaired) electrons. The number of hydrogen-bond acceptors (Lipinski definition) is 5. The molecular formula is C20H30N4O3. The lowest BCUT2D eigenvalue weighted by atomic mass is 10.2. The molecule has 2 fully saturated rings. The normalized spacial score (nSPS) is 18.5. The predicted octanol–water partition coefficient (Wildman–Crippen LogP) is 1.42. The van der Waals surface area contributed by atoms with Crippen molar-refractivity contribution in [2.45, 2.75) is 13.8 Å². The molecule has 0 aromatic heterocycles. The summed E-state index contributed by atoms with van der Waals surface area (Å²) in [5.74, 6) is 0.184. The maximum atomic E-state index is 12.6. The van der Waals surface area contributed by atoms with Crippen LogP contribution < -0.4 is 4.90 Å². The molecule has 0 bridgehead atoms. The Hall–Kier alpha value is -2.28. The minimum absolute atomic E-state index is 0.184. The molecule has 2 aliphatic rings. The zero-order chi connectivity index (χ0) is 19.2. The molecule has 3 rings (SSSR count). The third kappa shape index (κ3) is 5.13. The number of hydrogen-bond donors (Lipinski definition) is 0. The van der Waals surface area contributed by atoms with Crippen molar-refractivity contribution in [3.05, 3.63) is 29.8 Å². The van der Waals surface area contributed by atoms with Crippen LogP contribution in [0.15, 0.2) is 24.3 Å². The van der Waals surface area contributed by atoms with E-state index in [4.69, 9.17) is 4.74 Å². The molecule has 7 heteroatoms. The van der Waals surface area contributed by atoms with Crippen molar-refractivity contribution in [1.82, 2.24) is 14.7 Å². The molecule has 0 unspecified atom stereocenters. The molecule has 0 N–H and O–H groups in total. The van der Waals surface area contributed by atoms with Gasteiger partial charge in [0.25, 0.3) is 0 Å². The van der Waals surface area contributed by atoms with Gasteiger partial charge in [-0.25, -0.2) is 4.79 Å². The Labute approximate surface area is 161 Å². The maximum absolute atomic E-state index is 12.6. The number of rotatable bonds is 4. The van der Waals surface area contributed by atoms with E-state index in [-0.39, 0.29) is 12.0 Å². The molecule has 0 aliphatic carbocycles. The highest BCUT2D eigenvalue weighted by molar-refractivity contribution is 5.78. The second-order valence-corrected chi connectivity index (χ2v) is 7.17. The van der Waals surface area contributed by atoms with Crippen LogP contribution in [0.2, 0.25) is 0 Å². The monoisotopic (exact) mass is 374 g/mol. The van der Waals surface area contributed by atoms with Gasteiger partial charge in [0.15, 0.2) is 0 Å². The summed E-state index contributed by atoms with van der Waals surface area (Å²) in [5.41, 5.74) is 2.49. The van der Waals surface area contributed by atoms with Gasteiger partial charge in [-0.3, -0.25) is 9.69 Å². The molecule has 2 saturated heterocycles. The number of carbonyl (C=O) groups is 2. The van der Waals surface area contributed by atoms with E-state index in [9.17, 15) is 9.59 Å². The topological polar surface area (TPSA) is 56.3 Å². The molecule has 0 spiro atoms. The van der Waals surface area contributed by atoms with Gasteiger partial charge in [0.05, 0.1) is 13.2 Å². The Morgan fingerprint density at radius 1 is 0.963 bits per heavy atom. The van der Waals surface area contributed by atoms with E-state index in [2.05, 4.69) is 41.0 Å². The van der Waals surface area contributed by atoms with Crippen LogP contribution in [-0.2, 0) is 9.53 Å². The first-order chi connectivity index (χ1) is 13.1. The minimum Gasteiger partial charge on any atom is -0.450 e. The van der Waals surface area contributed by atoms with Gasteiger partial charge in [0.2, 0.25) is 5.91 Å². The molecule has 1 aromatic carbocycles. The maximum Gasteiger partial charge on any atom is 0.409 e. The van der Waals surface area contributed by atoms with E-state index >= 15 is 0 Å². The third-order valence-corrected chi connectivity index (χ3v) is 5.26. The van der Waals surface area contributed by atoms with Crippen LogP contribution in [0, 0.1) is 6.92 Å². The average Bonchev–Trinajstić information content (AvgIpc) is 2.69. The zero-order valence-electron chi connectivity index (χ0n) is 16.4. The van der Waals surface area contributed by atoms with Crippen molar-refractivity contribution in [1.29, 1.82) is 0 Å². The number of piperazine rings is 2. The first-order valence-electron chi connectivity index (χ1n) is 9.80. The Bertz CT molecular complexity index is 650. The Kier molecular flexibility index (Phi) is 6.55. The number of nitrogens with zero attached hydrogens (tertiary/aromatic N) is 4. The lowest BCUT2D eigenvalue weighted by molar-refractivity contribution is -0.133. The fraction of sp³-hybridized carbons (Fsp3) is 0.600. The molecule has 0 atom stereocenters. The lowest BCUT2D eigenvalue weighted by Crippen LogP contribution is -2.54. The first-order valence-corrected chi connectivity index (χ1v) is 9.80. The Morgan fingerprint density at radius 2 is 1.63 bits per heavy atom. The smallest absolute Gasteiger partial charge is 0.409 e. The third-order valence-electron chi connectivity index (χ3n) is 5.26. The highest BCUT2D eigenvalue weighted by Gasteiger charge is 2.26. The van der Waals surface area contributed by atoms with Crippen LogP contribution in [0.5, 0.6) is 0 Å². The summed E-state index contributed by atoms with van der Waals surface area (Å²) in [5, 5.41) is 0. The van der Waals surface area contributed by atoms with E-state index in [0.29, 0.717) is 39.3 Å². The average molecular weight is 374 g/mol. The highest BCUT2D eigenvalue weighted by atomic mass is 16.6.